The van der Waals surface area contributed by atoms with Crippen LogP contribution in [0, 0.1) is 6.92 Å². The minimum absolute atomic E-state index is 0.125. The Balaban J connectivity index is 2.12. The van der Waals surface area contributed by atoms with Crippen LogP contribution in [-0.2, 0) is 10.5 Å². The molecule has 0 bridgehead atoms. The molecule has 0 spiro atoms. The van der Waals surface area contributed by atoms with Crippen LogP contribution in [0.4, 0.5) is 4.39 Å². The Morgan fingerprint density at radius 3 is 2.90 bits per heavy atom. The van der Waals surface area contributed by atoms with Crippen molar-refractivity contribution in [1.29, 1.82) is 0 Å². The van der Waals surface area contributed by atoms with Crippen molar-refractivity contribution in [3.05, 3.63) is 35.2 Å². The summed E-state index contributed by atoms with van der Waals surface area (Å²) in [5.41, 5.74) is 3.02. The van der Waals surface area contributed by atoms with E-state index in [1.807, 2.05) is 0 Å². The quantitative estimate of drug-likeness (QED) is 0.809. The first-order chi connectivity index (χ1) is 9.65. The third kappa shape index (κ3) is 2.33. The molecule has 3 nitrogen and oxygen atoms in total. The summed E-state index contributed by atoms with van der Waals surface area (Å²) in [5, 5.41) is 0.502. The maximum atomic E-state index is 15.7. The molecule has 0 aliphatic carbocycles. The van der Waals surface area contributed by atoms with Crippen LogP contribution in [0.2, 0.25) is 5.02 Å². The highest BCUT2D eigenvalue weighted by Gasteiger charge is 2.39. The van der Waals surface area contributed by atoms with Gasteiger partial charge in [0.05, 0.1) is 28.9 Å². The van der Waals surface area contributed by atoms with Crippen LogP contribution in [0.5, 0.6) is 0 Å². The molecule has 0 saturated carbocycles. The summed E-state index contributed by atoms with van der Waals surface area (Å²) >= 11 is 7.55. The van der Waals surface area contributed by atoms with Gasteiger partial charge in [0.2, 0.25) is 0 Å². The molecule has 0 amide bonds. The summed E-state index contributed by atoms with van der Waals surface area (Å²) < 4.78 is 21.8. The van der Waals surface area contributed by atoms with Gasteiger partial charge in [0.25, 0.3) is 0 Å². The van der Waals surface area contributed by atoms with Crippen LogP contribution in [0.3, 0.4) is 0 Å². The lowest BCUT2D eigenvalue weighted by molar-refractivity contribution is -0.0910. The molecule has 2 aromatic rings. The van der Waals surface area contributed by atoms with Crippen LogP contribution in [0.15, 0.2) is 17.6 Å². The fourth-order valence-corrected chi connectivity index (χ4v) is 3.66. The van der Waals surface area contributed by atoms with Crippen LogP contribution < -0.4 is 0 Å². The number of hydrogen-bond acceptors (Lipinski definition) is 4. The minimum Gasteiger partial charge on any atom is -0.379 e. The van der Waals surface area contributed by atoms with Crippen molar-refractivity contribution in [3.63, 3.8) is 0 Å². The molecule has 1 aromatic carbocycles. The van der Waals surface area contributed by atoms with Gasteiger partial charge in [-0.05, 0) is 25.5 Å². The van der Waals surface area contributed by atoms with E-state index in [9.17, 15) is 0 Å². The number of ether oxygens (including phenoxy) is 1. The number of rotatable bonds is 3. The van der Waals surface area contributed by atoms with Crippen molar-refractivity contribution in [2.45, 2.75) is 12.2 Å². The lowest BCUT2D eigenvalue weighted by atomic mass is 9.98. The number of hydrogen-bond donors (Lipinski definition) is 0. The second kappa shape index (κ2) is 5.56. The average molecular weight is 314 g/mol. The summed E-state index contributed by atoms with van der Waals surface area (Å²) in [4.78, 5) is 6.02. The van der Waals surface area contributed by atoms with Gasteiger partial charge in [-0.3, -0.25) is 4.90 Å². The van der Waals surface area contributed by atoms with Crippen LogP contribution in [-0.4, -0.2) is 36.2 Å². The SMILES string of the molecule is [CH2]CC(F)(c1cc(Cl)cc2ncsc12)N1CCOCC1. The first-order valence-electron chi connectivity index (χ1n) is 6.49. The van der Waals surface area contributed by atoms with Gasteiger partial charge >= 0.3 is 0 Å². The molecule has 3 rings (SSSR count). The first kappa shape index (κ1) is 14.2. The molecule has 0 N–H and O–H groups in total. The zero-order valence-corrected chi connectivity index (χ0v) is 12.5. The number of nitrogens with zero attached hydrogens (tertiary/aromatic N) is 2. The van der Waals surface area contributed by atoms with Crippen molar-refractivity contribution in [2.75, 3.05) is 26.3 Å². The van der Waals surface area contributed by atoms with E-state index in [0.29, 0.717) is 36.9 Å². The first-order valence-corrected chi connectivity index (χ1v) is 7.75. The van der Waals surface area contributed by atoms with E-state index < -0.39 is 5.79 Å². The molecule has 1 fully saturated rings. The molecule has 1 aromatic heterocycles. The molecule has 1 saturated heterocycles. The number of aromatic nitrogens is 1. The molecular weight excluding hydrogens is 299 g/mol. The van der Waals surface area contributed by atoms with Gasteiger partial charge in [-0.2, -0.15) is 0 Å². The largest absolute Gasteiger partial charge is 0.379 e. The Hall–Kier alpha value is -0.750. The highest BCUT2D eigenvalue weighted by atomic mass is 35.5. The monoisotopic (exact) mass is 313 g/mol. The van der Waals surface area contributed by atoms with Crippen LogP contribution in [0.1, 0.15) is 12.0 Å². The van der Waals surface area contributed by atoms with Gasteiger partial charge in [-0.25, -0.2) is 9.37 Å². The van der Waals surface area contributed by atoms with Crippen molar-refractivity contribution in [2.24, 2.45) is 0 Å². The topological polar surface area (TPSA) is 25.4 Å². The molecular formula is C14H15ClFN2OS. The summed E-state index contributed by atoms with van der Waals surface area (Å²) in [7, 11) is 0. The van der Waals surface area contributed by atoms with E-state index in [4.69, 9.17) is 16.3 Å². The highest BCUT2D eigenvalue weighted by molar-refractivity contribution is 7.17. The highest BCUT2D eigenvalue weighted by Crippen LogP contribution is 2.41. The molecule has 1 radical (unpaired) electrons. The van der Waals surface area contributed by atoms with E-state index in [2.05, 4.69) is 11.9 Å². The van der Waals surface area contributed by atoms with E-state index in [-0.39, 0.29) is 6.42 Å². The lowest BCUT2D eigenvalue weighted by Crippen LogP contribution is -2.48. The van der Waals surface area contributed by atoms with Gasteiger partial charge < -0.3 is 4.74 Å². The predicted molar refractivity (Wildman–Crippen MR) is 79.8 cm³/mol. The Labute approximate surface area is 126 Å². The predicted octanol–water partition coefficient (Wildman–Crippen LogP) is 3.63. The molecule has 1 unspecified atom stereocenters. The Morgan fingerprint density at radius 1 is 1.45 bits per heavy atom. The molecule has 1 aliphatic rings. The van der Waals surface area contributed by atoms with Crippen molar-refractivity contribution in [3.8, 4) is 0 Å². The second-order valence-corrected chi connectivity index (χ2v) is 6.05. The summed E-state index contributed by atoms with van der Waals surface area (Å²) in [5.74, 6) is -1.63. The van der Waals surface area contributed by atoms with Crippen LogP contribution >= 0.6 is 22.9 Å². The fourth-order valence-electron chi connectivity index (χ4n) is 2.60. The molecule has 1 atom stereocenters. The van der Waals surface area contributed by atoms with Crippen molar-refractivity contribution < 1.29 is 9.13 Å². The molecule has 6 heteroatoms. The Bertz CT molecular complexity index is 614. The Morgan fingerprint density at radius 2 is 2.20 bits per heavy atom. The van der Waals surface area contributed by atoms with Gasteiger partial charge in [-0.1, -0.05) is 11.6 Å². The van der Waals surface area contributed by atoms with E-state index in [1.54, 1.807) is 22.5 Å². The standard InChI is InChI=1S/C14H15ClFN2OS/c1-2-14(16,18-3-5-19-6-4-18)11-7-10(15)8-12-13(11)20-9-17-12/h7-9H,1-6H2. The average Bonchev–Trinajstić information content (AvgIpc) is 2.94. The van der Waals surface area contributed by atoms with Crippen molar-refractivity contribution in [1.82, 2.24) is 9.88 Å². The van der Waals surface area contributed by atoms with E-state index in [1.165, 1.54) is 11.3 Å². The number of fused-ring (bicyclic) bond motifs is 1. The maximum absolute atomic E-state index is 15.7. The van der Waals surface area contributed by atoms with E-state index in [0.717, 1.165) is 10.2 Å². The lowest BCUT2D eigenvalue weighted by Gasteiger charge is -2.39. The molecule has 2 heterocycles. The zero-order chi connectivity index (χ0) is 14.2. The molecule has 107 valence electrons. The van der Waals surface area contributed by atoms with Crippen LogP contribution in [0.25, 0.3) is 10.2 Å². The summed E-state index contributed by atoms with van der Waals surface area (Å²) in [6, 6.07) is 3.46. The smallest absolute Gasteiger partial charge is 0.191 e. The number of benzene rings is 1. The summed E-state index contributed by atoms with van der Waals surface area (Å²) in [6.45, 7) is 6.00. The number of morpholine rings is 1. The second-order valence-electron chi connectivity index (χ2n) is 4.76. The van der Waals surface area contributed by atoms with Gasteiger partial charge in [-0.15, -0.1) is 11.3 Å². The van der Waals surface area contributed by atoms with Gasteiger partial charge in [0, 0.05) is 23.7 Å². The van der Waals surface area contributed by atoms with Crippen molar-refractivity contribution >= 4 is 33.2 Å². The minimum atomic E-state index is -1.63. The summed E-state index contributed by atoms with van der Waals surface area (Å²) in [6.07, 6.45) is 0.125. The third-order valence-electron chi connectivity index (χ3n) is 3.65. The fraction of sp³-hybridized carbons (Fsp3) is 0.429. The normalized spacial score (nSPS) is 20.1. The maximum Gasteiger partial charge on any atom is 0.191 e. The van der Waals surface area contributed by atoms with Gasteiger partial charge in [0.1, 0.15) is 0 Å². The number of thiazole rings is 1. The number of alkyl halides is 1. The Kier molecular flexibility index (Phi) is 3.95. The molecule has 1 aliphatic heterocycles. The number of halogens is 2. The van der Waals surface area contributed by atoms with Gasteiger partial charge in [0.15, 0.2) is 5.79 Å². The zero-order valence-electron chi connectivity index (χ0n) is 10.9. The molecule has 20 heavy (non-hydrogen) atoms. The van der Waals surface area contributed by atoms with E-state index >= 15 is 4.39 Å². The third-order valence-corrected chi connectivity index (χ3v) is 4.75.